The Kier molecular flexibility index (Phi) is 5.22. The maximum absolute atomic E-state index is 13.0. The van der Waals surface area contributed by atoms with Gasteiger partial charge in [0.2, 0.25) is 5.95 Å². The Labute approximate surface area is 158 Å². The highest BCUT2D eigenvalue weighted by Gasteiger charge is 2.40. The van der Waals surface area contributed by atoms with Gasteiger partial charge in [-0.3, -0.25) is 0 Å². The molecule has 4 rings (SSSR count). The van der Waals surface area contributed by atoms with Crippen molar-refractivity contribution in [1.82, 2.24) is 9.97 Å². The lowest BCUT2D eigenvalue weighted by Crippen LogP contribution is -2.45. The molecule has 2 fully saturated rings. The van der Waals surface area contributed by atoms with Crippen molar-refractivity contribution >= 4 is 11.8 Å². The number of benzene rings is 1. The first-order valence-corrected chi connectivity index (χ1v) is 9.49. The fourth-order valence-electron chi connectivity index (χ4n) is 3.60. The molecule has 6 nitrogen and oxygen atoms in total. The molecule has 0 bridgehead atoms. The monoisotopic (exact) mass is 372 g/mol. The van der Waals surface area contributed by atoms with Gasteiger partial charge in [-0.2, -0.15) is 4.98 Å². The van der Waals surface area contributed by atoms with Crippen molar-refractivity contribution in [3.8, 4) is 0 Å². The van der Waals surface area contributed by atoms with Crippen LogP contribution in [0.15, 0.2) is 30.3 Å². The zero-order valence-corrected chi connectivity index (χ0v) is 15.6. The van der Waals surface area contributed by atoms with E-state index in [-0.39, 0.29) is 5.82 Å². The molecule has 0 radical (unpaired) electrons. The van der Waals surface area contributed by atoms with Gasteiger partial charge in [-0.15, -0.1) is 0 Å². The normalized spacial score (nSPS) is 18.8. The van der Waals surface area contributed by atoms with Crippen LogP contribution in [-0.4, -0.2) is 48.6 Å². The summed E-state index contributed by atoms with van der Waals surface area (Å²) in [4.78, 5) is 11.5. The van der Waals surface area contributed by atoms with Crippen LogP contribution in [0.2, 0.25) is 0 Å². The molecule has 1 N–H and O–H groups in total. The predicted octanol–water partition coefficient (Wildman–Crippen LogP) is 2.92. The number of aromatic nitrogens is 2. The molecule has 0 aliphatic carbocycles. The smallest absolute Gasteiger partial charge is 0.227 e. The van der Waals surface area contributed by atoms with E-state index in [0.717, 1.165) is 61.9 Å². The highest BCUT2D eigenvalue weighted by atomic mass is 19.1. The van der Waals surface area contributed by atoms with Gasteiger partial charge in [-0.1, -0.05) is 12.1 Å². The van der Waals surface area contributed by atoms with Crippen molar-refractivity contribution in [1.29, 1.82) is 0 Å². The van der Waals surface area contributed by atoms with Crippen molar-refractivity contribution in [2.24, 2.45) is 0 Å². The van der Waals surface area contributed by atoms with Crippen LogP contribution in [0.25, 0.3) is 0 Å². The molecule has 0 saturated carbocycles. The molecular weight excluding hydrogens is 347 g/mol. The van der Waals surface area contributed by atoms with E-state index in [9.17, 15) is 4.39 Å². The van der Waals surface area contributed by atoms with E-state index < -0.39 is 5.79 Å². The lowest BCUT2D eigenvalue weighted by Gasteiger charge is -2.37. The van der Waals surface area contributed by atoms with E-state index in [0.29, 0.717) is 13.2 Å². The van der Waals surface area contributed by atoms with Crippen LogP contribution in [0.4, 0.5) is 16.2 Å². The first kappa shape index (κ1) is 18.1. The summed E-state index contributed by atoms with van der Waals surface area (Å²) in [6.45, 7) is 5.71. The number of halogens is 1. The summed E-state index contributed by atoms with van der Waals surface area (Å²) in [7, 11) is 0. The molecule has 27 heavy (non-hydrogen) atoms. The molecule has 1 spiro atoms. The summed E-state index contributed by atoms with van der Waals surface area (Å²) in [5.41, 5.74) is 2.02. The Balaban J connectivity index is 1.36. The van der Waals surface area contributed by atoms with Crippen molar-refractivity contribution in [2.75, 3.05) is 43.1 Å². The highest BCUT2D eigenvalue weighted by molar-refractivity contribution is 5.44. The summed E-state index contributed by atoms with van der Waals surface area (Å²) < 4.78 is 24.6. The topological polar surface area (TPSA) is 59.5 Å². The Morgan fingerprint density at radius 1 is 1.11 bits per heavy atom. The van der Waals surface area contributed by atoms with Gasteiger partial charge in [0.1, 0.15) is 11.6 Å². The quantitative estimate of drug-likeness (QED) is 0.871. The molecule has 7 heteroatoms. The number of anilines is 2. The summed E-state index contributed by atoms with van der Waals surface area (Å²) in [6.07, 6.45) is 2.47. The maximum Gasteiger partial charge on any atom is 0.227 e. The third-order valence-electron chi connectivity index (χ3n) is 5.10. The van der Waals surface area contributed by atoms with E-state index in [4.69, 9.17) is 9.47 Å². The second-order valence-corrected chi connectivity index (χ2v) is 7.09. The van der Waals surface area contributed by atoms with Gasteiger partial charge >= 0.3 is 0 Å². The summed E-state index contributed by atoms with van der Waals surface area (Å²) in [5.74, 6) is 0.955. The first-order chi connectivity index (χ1) is 13.1. The SMILES string of the molecule is Cc1cc(NCCc2ccc(F)cc2)nc(N2CCC3(CC2)OCCO3)n1. The van der Waals surface area contributed by atoms with Crippen LogP contribution >= 0.6 is 0 Å². The molecule has 0 atom stereocenters. The molecule has 2 aliphatic heterocycles. The number of piperidine rings is 1. The Morgan fingerprint density at radius 2 is 1.81 bits per heavy atom. The van der Waals surface area contributed by atoms with E-state index >= 15 is 0 Å². The molecule has 0 amide bonds. The molecular formula is C20H25FN4O2. The van der Waals surface area contributed by atoms with Gasteiger partial charge in [-0.25, -0.2) is 9.37 Å². The minimum Gasteiger partial charge on any atom is -0.370 e. The largest absolute Gasteiger partial charge is 0.370 e. The van der Waals surface area contributed by atoms with E-state index in [1.807, 2.05) is 25.1 Å². The number of hydrogen-bond donors (Lipinski definition) is 1. The lowest BCUT2D eigenvalue weighted by atomic mass is 10.0. The van der Waals surface area contributed by atoms with Crippen LogP contribution in [0.5, 0.6) is 0 Å². The first-order valence-electron chi connectivity index (χ1n) is 9.49. The number of hydrogen-bond acceptors (Lipinski definition) is 6. The number of nitrogens with zero attached hydrogens (tertiary/aromatic N) is 3. The second-order valence-electron chi connectivity index (χ2n) is 7.09. The Bertz CT molecular complexity index is 768. The second kappa shape index (κ2) is 7.78. The van der Waals surface area contributed by atoms with Crippen molar-refractivity contribution in [3.05, 3.63) is 47.4 Å². The van der Waals surface area contributed by atoms with Gasteiger partial charge in [0, 0.05) is 44.2 Å². The van der Waals surface area contributed by atoms with Crippen LogP contribution in [0, 0.1) is 12.7 Å². The highest BCUT2D eigenvalue weighted by Crippen LogP contribution is 2.32. The molecule has 0 unspecified atom stereocenters. The van der Waals surface area contributed by atoms with Gasteiger partial charge in [-0.05, 0) is 31.0 Å². The molecule has 2 saturated heterocycles. The molecule has 2 aromatic rings. The van der Waals surface area contributed by atoms with Gasteiger partial charge in [0.15, 0.2) is 5.79 Å². The molecule has 1 aromatic carbocycles. The van der Waals surface area contributed by atoms with Crippen LogP contribution in [-0.2, 0) is 15.9 Å². The summed E-state index contributed by atoms with van der Waals surface area (Å²) >= 11 is 0. The number of nitrogens with one attached hydrogen (secondary N) is 1. The van der Waals surface area contributed by atoms with Crippen LogP contribution in [0.1, 0.15) is 24.1 Å². The Hall–Kier alpha value is -2.25. The van der Waals surface area contributed by atoms with Gasteiger partial charge < -0.3 is 19.7 Å². The van der Waals surface area contributed by atoms with Gasteiger partial charge in [0.05, 0.1) is 13.2 Å². The lowest BCUT2D eigenvalue weighted by molar-refractivity contribution is -0.169. The molecule has 1 aromatic heterocycles. The third-order valence-corrected chi connectivity index (χ3v) is 5.10. The fraction of sp³-hybridized carbons (Fsp3) is 0.500. The zero-order chi connectivity index (χ0) is 18.7. The zero-order valence-electron chi connectivity index (χ0n) is 15.6. The predicted molar refractivity (Wildman–Crippen MR) is 101 cm³/mol. The van der Waals surface area contributed by atoms with E-state index in [1.165, 1.54) is 12.1 Å². The van der Waals surface area contributed by atoms with Crippen molar-refractivity contribution in [3.63, 3.8) is 0 Å². The summed E-state index contributed by atoms with van der Waals surface area (Å²) in [5, 5.41) is 3.36. The Morgan fingerprint density at radius 3 is 2.52 bits per heavy atom. The van der Waals surface area contributed by atoms with Gasteiger partial charge in [0.25, 0.3) is 0 Å². The van der Waals surface area contributed by atoms with E-state index in [2.05, 4.69) is 20.2 Å². The molecule has 2 aliphatic rings. The molecule has 3 heterocycles. The minimum atomic E-state index is -0.392. The van der Waals surface area contributed by atoms with Crippen molar-refractivity contribution in [2.45, 2.75) is 32.0 Å². The van der Waals surface area contributed by atoms with Crippen LogP contribution < -0.4 is 10.2 Å². The van der Waals surface area contributed by atoms with Crippen LogP contribution in [0.3, 0.4) is 0 Å². The number of aryl methyl sites for hydroxylation is 1. The number of rotatable bonds is 5. The van der Waals surface area contributed by atoms with Crippen molar-refractivity contribution < 1.29 is 13.9 Å². The third kappa shape index (κ3) is 4.36. The van der Waals surface area contributed by atoms with E-state index in [1.54, 1.807) is 0 Å². The maximum atomic E-state index is 13.0. The molecule has 144 valence electrons. The standard InChI is InChI=1S/C20H25FN4O2/c1-15-14-18(22-9-6-16-2-4-17(21)5-3-16)24-19(23-15)25-10-7-20(8-11-25)26-12-13-27-20/h2-5,14H,6-13H2,1H3,(H,22,23,24). The fourth-order valence-corrected chi connectivity index (χ4v) is 3.60. The summed E-state index contributed by atoms with van der Waals surface area (Å²) in [6, 6.07) is 8.55. The minimum absolute atomic E-state index is 0.209. The average Bonchev–Trinajstić information content (AvgIpc) is 3.11. The number of ether oxygens (including phenoxy) is 2. The average molecular weight is 372 g/mol.